The summed E-state index contributed by atoms with van der Waals surface area (Å²) in [7, 11) is 1.61. The van der Waals surface area contributed by atoms with Crippen LogP contribution in [0.25, 0.3) is 0 Å². The predicted molar refractivity (Wildman–Crippen MR) is 109 cm³/mol. The van der Waals surface area contributed by atoms with E-state index in [9.17, 15) is 9.18 Å². The standard InChI is InChI=1S/C22H21FN2O3S/c1-27-19-4-2-3-5-20(19)28-13-21-24-17(14-29-21)12-25(18-10-11-18)22(26)15-6-8-16(23)9-7-15/h2-9,14,18H,10-13H2,1H3. The minimum atomic E-state index is -0.348. The number of thiazole rings is 1. The molecule has 0 bridgehead atoms. The van der Waals surface area contributed by atoms with E-state index in [1.165, 1.54) is 35.6 Å². The number of amides is 1. The monoisotopic (exact) mass is 412 g/mol. The molecule has 0 radical (unpaired) electrons. The van der Waals surface area contributed by atoms with E-state index in [1.54, 1.807) is 7.11 Å². The number of ether oxygens (including phenoxy) is 2. The van der Waals surface area contributed by atoms with Gasteiger partial charge in [-0.25, -0.2) is 9.37 Å². The van der Waals surface area contributed by atoms with Gasteiger partial charge in [-0.2, -0.15) is 0 Å². The molecule has 0 atom stereocenters. The highest BCUT2D eigenvalue weighted by molar-refractivity contribution is 7.09. The van der Waals surface area contributed by atoms with Crippen molar-refractivity contribution in [3.05, 3.63) is 76.0 Å². The molecule has 7 heteroatoms. The Morgan fingerprint density at radius 3 is 2.59 bits per heavy atom. The summed E-state index contributed by atoms with van der Waals surface area (Å²) in [4.78, 5) is 19.3. The molecule has 0 N–H and O–H groups in total. The number of methoxy groups -OCH3 is 1. The van der Waals surface area contributed by atoms with Gasteiger partial charge in [-0.15, -0.1) is 11.3 Å². The van der Waals surface area contributed by atoms with Crippen molar-refractivity contribution in [1.82, 2.24) is 9.88 Å². The fourth-order valence-corrected chi connectivity index (χ4v) is 3.75. The maximum absolute atomic E-state index is 13.2. The fourth-order valence-electron chi connectivity index (χ4n) is 3.05. The van der Waals surface area contributed by atoms with Crippen molar-refractivity contribution in [3.63, 3.8) is 0 Å². The van der Waals surface area contributed by atoms with Crippen LogP contribution in [0.4, 0.5) is 4.39 Å². The summed E-state index contributed by atoms with van der Waals surface area (Å²) in [5.74, 6) is 0.901. The molecule has 5 nitrogen and oxygen atoms in total. The lowest BCUT2D eigenvalue weighted by Crippen LogP contribution is -2.32. The molecule has 1 fully saturated rings. The Morgan fingerprint density at radius 1 is 1.17 bits per heavy atom. The molecule has 1 heterocycles. The van der Waals surface area contributed by atoms with Gasteiger partial charge in [-0.3, -0.25) is 4.79 Å². The van der Waals surface area contributed by atoms with Gasteiger partial charge in [0.2, 0.25) is 0 Å². The molecule has 29 heavy (non-hydrogen) atoms. The largest absolute Gasteiger partial charge is 0.493 e. The van der Waals surface area contributed by atoms with Crippen LogP contribution >= 0.6 is 11.3 Å². The van der Waals surface area contributed by atoms with E-state index >= 15 is 0 Å². The Hall–Kier alpha value is -2.93. The Bertz CT molecular complexity index is 986. The molecule has 0 unspecified atom stereocenters. The van der Waals surface area contributed by atoms with Gasteiger partial charge in [0, 0.05) is 17.0 Å². The number of hydrogen-bond donors (Lipinski definition) is 0. The van der Waals surface area contributed by atoms with E-state index in [-0.39, 0.29) is 17.8 Å². The lowest BCUT2D eigenvalue weighted by atomic mass is 10.2. The highest BCUT2D eigenvalue weighted by atomic mass is 32.1. The first-order valence-corrected chi connectivity index (χ1v) is 10.3. The molecule has 1 saturated carbocycles. The summed E-state index contributed by atoms with van der Waals surface area (Å²) in [5, 5.41) is 2.78. The molecular formula is C22H21FN2O3S. The summed E-state index contributed by atoms with van der Waals surface area (Å²) in [6.45, 7) is 0.770. The van der Waals surface area contributed by atoms with Crippen LogP contribution < -0.4 is 9.47 Å². The second kappa shape index (κ2) is 8.61. The normalized spacial score (nSPS) is 13.2. The van der Waals surface area contributed by atoms with Crippen molar-refractivity contribution in [1.29, 1.82) is 0 Å². The van der Waals surface area contributed by atoms with E-state index in [2.05, 4.69) is 4.98 Å². The van der Waals surface area contributed by atoms with Crippen molar-refractivity contribution in [2.45, 2.75) is 32.0 Å². The number of rotatable bonds is 8. The Kier molecular flexibility index (Phi) is 5.76. The molecule has 150 valence electrons. The van der Waals surface area contributed by atoms with Gasteiger partial charge in [-0.05, 0) is 49.2 Å². The molecule has 3 aromatic rings. The third-order valence-corrected chi connectivity index (χ3v) is 5.56. The number of halogens is 1. The van der Waals surface area contributed by atoms with Crippen LogP contribution in [-0.2, 0) is 13.2 Å². The molecule has 0 spiro atoms. The maximum atomic E-state index is 13.2. The van der Waals surface area contributed by atoms with E-state index in [1.807, 2.05) is 34.5 Å². The molecule has 1 aliphatic carbocycles. The van der Waals surface area contributed by atoms with Gasteiger partial charge in [0.25, 0.3) is 5.91 Å². The van der Waals surface area contributed by atoms with Crippen molar-refractivity contribution in [3.8, 4) is 11.5 Å². The summed E-state index contributed by atoms with van der Waals surface area (Å²) in [6.07, 6.45) is 1.97. The van der Waals surface area contributed by atoms with Crippen LogP contribution in [0.3, 0.4) is 0 Å². The number of aromatic nitrogens is 1. The Morgan fingerprint density at radius 2 is 1.90 bits per heavy atom. The van der Waals surface area contributed by atoms with Crippen LogP contribution in [0.15, 0.2) is 53.9 Å². The molecule has 1 aliphatic rings. The SMILES string of the molecule is COc1ccccc1OCc1nc(CN(C(=O)c2ccc(F)cc2)C2CC2)cs1. The molecule has 0 aliphatic heterocycles. The average Bonchev–Trinajstić information content (AvgIpc) is 3.49. The van der Waals surface area contributed by atoms with E-state index < -0.39 is 0 Å². The van der Waals surface area contributed by atoms with Crippen LogP contribution in [0, 0.1) is 5.82 Å². The van der Waals surface area contributed by atoms with Crippen molar-refractivity contribution in [2.75, 3.05) is 7.11 Å². The quantitative estimate of drug-likeness (QED) is 0.539. The lowest BCUT2D eigenvalue weighted by molar-refractivity contribution is 0.0728. The topological polar surface area (TPSA) is 51.7 Å². The van der Waals surface area contributed by atoms with E-state index in [0.29, 0.717) is 30.2 Å². The van der Waals surface area contributed by atoms with Gasteiger partial charge in [0.05, 0.1) is 19.3 Å². The lowest BCUT2D eigenvalue weighted by Gasteiger charge is -2.21. The van der Waals surface area contributed by atoms with Gasteiger partial charge < -0.3 is 14.4 Å². The fraction of sp³-hybridized carbons (Fsp3) is 0.273. The summed E-state index contributed by atoms with van der Waals surface area (Å²) in [5.41, 5.74) is 1.32. The molecule has 1 aromatic heterocycles. The predicted octanol–water partition coefficient (Wildman–Crippen LogP) is 4.67. The number of para-hydroxylation sites is 2. The molecule has 0 saturated heterocycles. The minimum absolute atomic E-state index is 0.0904. The number of nitrogens with zero attached hydrogens (tertiary/aromatic N) is 2. The van der Waals surface area contributed by atoms with Crippen LogP contribution in [-0.4, -0.2) is 28.9 Å². The third-order valence-electron chi connectivity index (χ3n) is 4.69. The van der Waals surface area contributed by atoms with Gasteiger partial charge >= 0.3 is 0 Å². The summed E-state index contributed by atoms with van der Waals surface area (Å²) in [6, 6.07) is 13.4. The molecular weight excluding hydrogens is 391 g/mol. The first-order valence-electron chi connectivity index (χ1n) is 9.39. The number of carbonyl (C=O) groups excluding carboxylic acids is 1. The zero-order chi connectivity index (χ0) is 20.2. The minimum Gasteiger partial charge on any atom is -0.493 e. The van der Waals surface area contributed by atoms with Crippen molar-refractivity contribution in [2.24, 2.45) is 0 Å². The Labute approximate surface area is 172 Å². The number of carbonyl (C=O) groups is 1. The molecule has 2 aromatic carbocycles. The maximum Gasteiger partial charge on any atom is 0.254 e. The van der Waals surface area contributed by atoms with Crippen LogP contribution in [0.1, 0.15) is 33.9 Å². The summed E-state index contributed by atoms with van der Waals surface area (Å²) >= 11 is 1.50. The van der Waals surface area contributed by atoms with Crippen LogP contribution in [0.5, 0.6) is 11.5 Å². The average molecular weight is 412 g/mol. The first kappa shape index (κ1) is 19.4. The smallest absolute Gasteiger partial charge is 0.254 e. The molecule has 1 amide bonds. The highest BCUT2D eigenvalue weighted by Gasteiger charge is 2.33. The zero-order valence-corrected chi connectivity index (χ0v) is 16.8. The Balaban J connectivity index is 1.41. The van der Waals surface area contributed by atoms with Gasteiger partial charge in [-0.1, -0.05) is 12.1 Å². The van der Waals surface area contributed by atoms with Gasteiger partial charge in [0.1, 0.15) is 17.4 Å². The first-order chi connectivity index (χ1) is 14.1. The third kappa shape index (κ3) is 4.74. The zero-order valence-electron chi connectivity index (χ0n) is 16.0. The van der Waals surface area contributed by atoms with Gasteiger partial charge in [0.15, 0.2) is 11.5 Å². The molecule has 4 rings (SSSR count). The highest BCUT2D eigenvalue weighted by Crippen LogP contribution is 2.31. The van der Waals surface area contributed by atoms with Crippen molar-refractivity contribution < 1.29 is 18.7 Å². The number of hydrogen-bond acceptors (Lipinski definition) is 5. The van der Waals surface area contributed by atoms with E-state index in [0.717, 1.165) is 23.5 Å². The second-order valence-electron chi connectivity index (χ2n) is 6.84. The number of benzene rings is 2. The second-order valence-corrected chi connectivity index (χ2v) is 7.79. The van der Waals surface area contributed by atoms with Crippen molar-refractivity contribution >= 4 is 17.2 Å². The van der Waals surface area contributed by atoms with Crippen LogP contribution in [0.2, 0.25) is 0 Å². The summed E-state index contributed by atoms with van der Waals surface area (Å²) < 4.78 is 24.3. The van der Waals surface area contributed by atoms with E-state index in [4.69, 9.17) is 9.47 Å².